The van der Waals surface area contributed by atoms with Gasteiger partial charge in [0.1, 0.15) is 0 Å². The van der Waals surface area contributed by atoms with Crippen LogP contribution in [0.3, 0.4) is 0 Å². The molecule has 0 fully saturated rings. The summed E-state index contributed by atoms with van der Waals surface area (Å²) in [4.78, 5) is 11.1. The summed E-state index contributed by atoms with van der Waals surface area (Å²) in [5.74, 6) is 0.0255. The second kappa shape index (κ2) is 6.08. The zero-order valence-corrected chi connectivity index (χ0v) is 11.9. The van der Waals surface area contributed by atoms with Gasteiger partial charge in [-0.05, 0) is 12.8 Å². The normalized spacial score (nSPS) is 10.2. The molecular formula is C8H16NOU-. The first-order valence-corrected chi connectivity index (χ1v) is 3.75. The molecule has 11 heavy (non-hydrogen) atoms. The quantitative estimate of drug-likeness (QED) is 0.740. The van der Waals surface area contributed by atoms with E-state index in [0.29, 0.717) is 0 Å². The second-order valence-electron chi connectivity index (χ2n) is 2.80. The van der Waals surface area contributed by atoms with Crippen molar-refractivity contribution in [3.05, 3.63) is 5.32 Å². The van der Waals surface area contributed by atoms with Crippen LogP contribution in [0.4, 0.5) is 0 Å². The summed E-state index contributed by atoms with van der Waals surface area (Å²) in [6.07, 6.45) is 1.75. The summed E-state index contributed by atoms with van der Waals surface area (Å²) < 4.78 is 0. The average molecular weight is 380 g/mol. The van der Waals surface area contributed by atoms with Crippen molar-refractivity contribution in [1.29, 1.82) is 0 Å². The van der Waals surface area contributed by atoms with E-state index in [1.807, 2.05) is 20.8 Å². The van der Waals surface area contributed by atoms with Crippen molar-refractivity contribution in [1.82, 2.24) is 0 Å². The van der Waals surface area contributed by atoms with Gasteiger partial charge in [0.15, 0.2) is 0 Å². The maximum Gasteiger partial charge on any atom is 0.0569 e. The first kappa shape index (κ1) is 14.1. The Kier molecular flexibility index (Phi) is 7.78. The molecule has 1 amide bonds. The van der Waals surface area contributed by atoms with Crippen molar-refractivity contribution in [2.45, 2.75) is 33.6 Å². The molecule has 2 nitrogen and oxygen atoms in total. The van der Waals surface area contributed by atoms with Gasteiger partial charge in [-0.3, -0.25) is 0 Å². The standard InChI is InChI=1S/C8H17NO.U/c1-5-8(3,6-2)7(10)9-4;/h5-6H2,1-4H3,(H,9,10);/p-1. The molecule has 0 spiro atoms. The molecule has 0 radical (unpaired) electrons. The molecule has 0 aliphatic rings. The third-order valence-electron chi connectivity index (χ3n) is 2.28. The summed E-state index contributed by atoms with van der Waals surface area (Å²) in [7, 11) is 1.56. The number of carbonyl (C=O) groups excluding carboxylic acids is 1. The third kappa shape index (κ3) is 3.62. The molecule has 0 atom stereocenters. The summed E-state index contributed by atoms with van der Waals surface area (Å²) >= 11 is 0. The number of nitrogens with zero attached hydrogens (tertiary/aromatic N) is 1. The Bertz CT molecular complexity index is 121. The Morgan fingerprint density at radius 1 is 1.36 bits per heavy atom. The first-order valence-electron chi connectivity index (χ1n) is 3.75. The summed E-state index contributed by atoms with van der Waals surface area (Å²) in [6.45, 7) is 6.00. The van der Waals surface area contributed by atoms with Gasteiger partial charge in [-0.2, -0.15) is 0 Å². The van der Waals surface area contributed by atoms with E-state index in [-0.39, 0.29) is 42.4 Å². The van der Waals surface area contributed by atoms with Crippen LogP contribution in [0.15, 0.2) is 0 Å². The maximum atomic E-state index is 11.1. The van der Waals surface area contributed by atoms with Crippen LogP contribution in [-0.4, -0.2) is 13.0 Å². The smallest absolute Gasteiger partial charge is 0.0569 e. The van der Waals surface area contributed by atoms with E-state index in [4.69, 9.17) is 0 Å². The van der Waals surface area contributed by atoms with Gasteiger partial charge < -0.3 is 10.1 Å². The van der Waals surface area contributed by atoms with Gasteiger partial charge in [0.25, 0.3) is 0 Å². The minimum absolute atomic E-state index is 0. The molecule has 0 saturated carbocycles. The van der Waals surface area contributed by atoms with Gasteiger partial charge in [-0.1, -0.05) is 20.8 Å². The minimum Gasteiger partial charge on any atom is -0.655 e. The Labute approximate surface area is 92.9 Å². The molecule has 0 aliphatic carbocycles. The number of rotatable bonds is 3. The number of amides is 1. The van der Waals surface area contributed by atoms with Crippen LogP contribution in [0.5, 0.6) is 0 Å². The van der Waals surface area contributed by atoms with E-state index in [2.05, 4.69) is 5.32 Å². The van der Waals surface area contributed by atoms with Gasteiger partial charge >= 0.3 is 0 Å². The first-order chi connectivity index (χ1) is 4.60. The Morgan fingerprint density at radius 2 is 1.73 bits per heavy atom. The van der Waals surface area contributed by atoms with E-state index in [1.165, 1.54) is 0 Å². The van der Waals surface area contributed by atoms with Gasteiger partial charge in [-0.15, -0.1) is 7.05 Å². The number of carbonyl (C=O) groups is 1. The molecule has 64 valence electrons. The van der Waals surface area contributed by atoms with E-state index in [0.717, 1.165) is 12.8 Å². The van der Waals surface area contributed by atoms with Gasteiger partial charge in [0, 0.05) is 36.5 Å². The molecule has 0 rings (SSSR count). The van der Waals surface area contributed by atoms with E-state index in [9.17, 15) is 4.79 Å². The van der Waals surface area contributed by atoms with Crippen molar-refractivity contribution >= 4 is 5.91 Å². The van der Waals surface area contributed by atoms with Gasteiger partial charge in [0.05, 0.1) is 5.91 Å². The van der Waals surface area contributed by atoms with Crippen LogP contribution >= 0.6 is 0 Å². The van der Waals surface area contributed by atoms with Crippen molar-refractivity contribution in [3.8, 4) is 0 Å². The number of hydrogen-bond donors (Lipinski definition) is 0. The largest absolute Gasteiger partial charge is 0.655 e. The number of hydrogen-bond acceptors (Lipinski definition) is 1. The Hall–Kier alpha value is 0.522. The van der Waals surface area contributed by atoms with E-state index >= 15 is 0 Å². The molecule has 3 heteroatoms. The van der Waals surface area contributed by atoms with E-state index in [1.54, 1.807) is 7.05 Å². The molecule has 0 aliphatic heterocycles. The molecule has 0 saturated heterocycles. The second-order valence-corrected chi connectivity index (χ2v) is 2.80. The molecule has 0 N–H and O–H groups in total. The maximum absolute atomic E-state index is 11.1. The minimum atomic E-state index is -0.214. The molecule has 0 aromatic carbocycles. The van der Waals surface area contributed by atoms with Crippen molar-refractivity contribution in [3.63, 3.8) is 0 Å². The molecule has 0 aromatic heterocycles. The predicted molar refractivity (Wildman–Crippen MR) is 43.0 cm³/mol. The van der Waals surface area contributed by atoms with Crippen LogP contribution < -0.4 is 0 Å². The summed E-state index contributed by atoms with van der Waals surface area (Å²) in [5, 5.41) is 3.66. The Balaban J connectivity index is 0. The van der Waals surface area contributed by atoms with Crippen LogP contribution in [-0.2, 0) is 4.79 Å². The van der Waals surface area contributed by atoms with Crippen LogP contribution in [0, 0.1) is 36.5 Å². The molecule has 0 aromatic rings. The fourth-order valence-electron chi connectivity index (χ4n) is 0.822. The molecule has 0 bridgehead atoms. The molecule has 0 unspecified atom stereocenters. The SMILES string of the molecule is CCC(C)(CC)C(=O)[N-]C.[U]. The van der Waals surface area contributed by atoms with Gasteiger partial charge in [-0.25, -0.2) is 0 Å². The fourth-order valence-corrected chi connectivity index (χ4v) is 0.822. The van der Waals surface area contributed by atoms with Crippen molar-refractivity contribution < 1.29 is 35.9 Å². The molecule has 0 heterocycles. The Morgan fingerprint density at radius 3 is 1.82 bits per heavy atom. The van der Waals surface area contributed by atoms with Crippen molar-refractivity contribution in [2.75, 3.05) is 7.05 Å². The average Bonchev–Trinajstić information content (AvgIpc) is 2.01. The van der Waals surface area contributed by atoms with Crippen LogP contribution in [0.25, 0.3) is 5.32 Å². The fraction of sp³-hybridized carbons (Fsp3) is 0.875. The zero-order valence-electron chi connectivity index (χ0n) is 7.77. The monoisotopic (exact) mass is 380 g/mol. The summed E-state index contributed by atoms with van der Waals surface area (Å²) in [6, 6.07) is 0. The summed E-state index contributed by atoms with van der Waals surface area (Å²) in [5.41, 5.74) is -0.214. The zero-order chi connectivity index (χ0) is 8.20. The van der Waals surface area contributed by atoms with Crippen LogP contribution in [0.1, 0.15) is 33.6 Å². The van der Waals surface area contributed by atoms with Crippen LogP contribution in [0.2, 0.25) is 0 Å². The molecular weight excluding hydrogens is 364 g/mol. The van der Waals surface area contributed by atoms with Gasteiger partial charge in [0.2, 0.25) is 0 Å². The third-order valence-corrected chi connectivity index (χ3v) is 2.28. The van der Waals surface area contributed by atoms with E-state index < -0.39 is 0 Å². The predicted octanol–water partition coefficient (Wildman–Crippen LogP) is 2.34. The van der Waals surface area contributed by atoms with Crippen molar-refractivity contribution in [2.24, 2.45) is 5.41 Å². The topological polar surface area (TPSA) is 31.2 Å².